The number of carbonyl (C=O) groups is 2. The maximum atomic E-state index is 14.5. The van der Waals surface area contributed by atoms with Gasteiger partial charge in [0.05, 0.1) is 10.6 Å². The Morgan fingerprint density at radius 2 is 1.43 bits per heavy atom. The van der Waals surface area contributed by atoms with Crippen LogP contribution in [-0.4, -0.2) is 43.8 Å². The number of halogens is 1. The second-order valence-corrected chi connectivity index (χ2v) is 13.8. The molecule has 4 aromatic rings. The van der Waals surface area contributed by atoms with Crippen LogP contribution in [0.2, 0.25) is 0 Å². The number of carbonyl (C=O) groups excluding carboxylic acids is 2. The molecule has 1 N–H and O–H groups in total. The van der Waals surface area contributed by atoms with Gasteiger partial charge in [-0.25, -0.2) is 8.42 Å². The Kier molecular flexibility index (Phi) is 11.0. The van der Waals surface area contributed by atoms with Crippen LogP contribution in [0.15, 0.2) is 112 Å². The maximum Gasteiger partial charge on any atom is 0.264 e. The van der Waals surface area contributed by atoms with Crippen LogP contribution in [0.25, 0.3) is 0 Å². The Balaban J connectivity index is 1.83. The largest absolute Gasteiger partial charge is 0.352 e. The number of nitrogens with zero attached hydrogens (tertiary/aromatic N) is 2. The van der Waals surface area contributed by atoms with Crippen LogP contribution < -0.4 is 9.62 Å². The summed E-state index contributed by atoms with van der Waals surface area (Å²) in [6.45, 7) is 7.10. The molecule has 1 atom stereocenters. The van der Waals surface area contributed by atoms with Crippen LogP contribution in [0.5, 0.6) is 0 Å². The third-order valence-electron chi connectivity index (χ3n) is 7.40. The van der Waals surface area contributed by atoms with Crippen molar-refractivity contribution in [2.24, 2.45) is 0 Å². The number of aryl methyl sites for hydroxylation is 1. The molecule has 0 aliphatic carbocycles. The van der Waals surface area contributed by atoms with E-state index in [9.17, 15) is 18.0 Å². The molecule has 0 heterocycles. The number of hydrogen-bond donors (Lipinski definition) is 1. The Labute approximate surface area is 269 Å². The normalized spacial score (nSPS) is 12.0. The molecule has 4 rings (SSSR count). The van der Waals surface area contributed by atoms with Crippen LogP contribution in [-0.2, 0) is 32.6 Å². The van der Waals surface area contributed by atoms with Gasteiger partial charge in [0, 0.05) is 23.5 Å². The highest BCUT2D eigenvalue weighted by Crippen LogP contribution is 2.29. The van der Waals surface area contributed by atoms with Gasteiger partial charge in [0.2, 0.25) is 11.8 Å². The molecule has 4 aromatic carbocycles. The van der Waals surface area contributed by atoms with E-state index in [1.54, 1.807) is 30.3 Å². The monoisotopic (exact) mass is 675 g/mol. The predicted octanol–water partition coefficient (Wildman–Crippen LogP) is 6.43. The lowest BCUT2D eigenvalue weighted by Gasteiger charge is -2.34. The lowest BCUT2D eigenvalue weighted by atomic mass is 10.0. The summed E-state index contributed by atoms with van der Waals surface area (Å²) < 4.78 is 30.3. The molecule has 230 valence electrons. The minimum Gasteiger partial charge on any atom is -0.352 e. The molecule has 0 saturated heterocycles. The molecule has 0 bridgehead atoms. The first-order valence-corrected chi connectivity index (χ1v) is 16.7. The maximum absolute atomic E-state index is 14.5. The highest BCUT2D eigenvalue weighted by Gasteiger charge is 2.35. The molecule has 0 spiro atoms. The molecule has 0 aromatic heterocycles. The second kappa shape index (κ2) is 14.7. The number of hydrogen-bond acceptors (Lipinski definition) is 4. The molecule has 7 nitrogen and oxygen atoms in total. The van der Waals surface area contributed by atoms with Gasteiger partial charge in [0.25, 0.3) is 10.0 Å². The molecule has 0 saturated carbocycles. The minimum atomic E-state index is -4.15. The van der Waals surface area contributed by atoms with Gasteiger partial charge in [-0.05, 0) is 80.3 Å². The van der Waals surface area contributed by atoms with E-state index in [1.165, 1.54) is 21.3 Å². The van der Waals surface area contributed by atoms with Gasteiger partial charge in [-0.1, -0.05) is 88.7 Å². The lowest BCUT2D eigenvalue weighted by molar-refractivity contribution is -0.140. The van der Waals surface area contributed by atoms with Crippen molar-refractivity contribution in [1.82, 2.24) is 10.2 Å². The molecule has 0 radical (unpaired) electrons. The van der Waals surface area contributed by atoms with Crippen molar-refractivity contribution in [2.45, 2.75) is 57.6 Å². The number of benzene rings is 4. The Morgan fingerprint density at radius 1 is 0.818 bits per heavy atom. The summed E-state index contributed by atoms with van der Waals surface area (Å²) in [6.07, 6.45) is 0.258. The molecule has 0 aliphatic heterocycles. The standard InChI is InChI=1S/C35H38BrN3O4S/c1-25(2)37-35(41)33(22-28-14-7-5-8-15-28)38(23-29-16-12-17-30(36)21-29)34(40)24-39(32-20-11-13-26(3)27(32)4)44(42,43)31-18-9-6-10-19-31/h5-21,25,33H,22-24H2,1-4H3,(H,37,41). The average Bonchev–Trinajstić information content (AvgIpc) is 2.99. The van der Waals surface area contributed by atoms with Crippen LogP contribution >= 0.6 is 15.9 Å². The fourth-order valence-corrected chi connectivity index (χ4v) is 6.94. The second-order valence-electron chi connectivity index (χ2n) is 11.1. The van der Waals surface area contributed by atoms with Crippen molar-refractivity contribution >= 4 is 43.5 Å². The predicted molar refractivity (Wildman–Crippen MR) is 179 cm³/mol. The molecule has 0 fully saturated rings. The number of nitrogens with one attached hydrogen (secondary N) is 1. The third kappa shape index (κ3) is 8.15. The van der Waals surface area contributed by atoms with Gasteiger partial charge in [-0.3, -0.25) is 13.9 Å². The van der Waals surface area contributed by atoms with Crippen LogP contribution in [0, 0.1) is 13.8 Å². The molecular formula is C35H38BrN3O4S. The van der Waals surface area contributed by atoms with E-state index in [0.717, 1.165) is 26.7 Å². The topological polar surface area (TPSA) is 86.8 Å². The Bertz CT molecular complexity index is 1700. The van der Waals surface area contributed by atoms with Crippen LogP contribution in [0.1, 0.15) is 36.1 Å². The van der Waals surface area contributed by atoms with Crippen molar-refractivity contribution in [3.63, 3.8) is 0 Å². The first-order chi connectivity index (χ1) is 21.0. The summed E-state index contributed by atoms with van der Waals surface area (Å²) in [4.78, 5) is 29.9. The fourth-order valence-electron chi connectivity index (χ4n) is 5.01. The van der Waals surface area contributed by atoms with Gasteiger partial charge >= 0.3 is 0 Å². The van der Waals surface area contributed by atoms with Gasteiger partial charge in [0.15, 0.2) is 0 Å². The van der Waals surface area contributed by atoms with Crippen LogP contribution in [0.3, 0.4) is 0 Å². The Hall–Kier alpha value is -3.95. The molecule has 2 amide bonds. The van der Waals surface area contributed by atoms with Gasteiger partial charge in [-0.15, -0.1) is 0 Å². The zero-order chi connectivity index (χ0) is 31.9. The van der Waals surface area contributed by atoms with E-state index in [2.05, 4.69) is 21.2 Å². The Morgan fingerprint density at radius 3 is 2.07 bits per heavy atom. The highest BCUT2D eigenvalue weighted by atomic mass is 79.9. The number of rotatable bonds is 12. The zero-order valence-corrected chi connectivity index (χ0v) is 27.8. The summed E-state index contributed by atoms with van der Waals surface area (Å²) >= 11 is 3.51. The van der Waals surface area contributed by atoms with Gasteiger partial charge in [-0.2, -0.15) is 0 Å². The SMILES string of the molecule is Cc1cccc(N(CC(=O)N(Cc2cccc(Br)c2)C(Cc2ccccc2)C(=O)NC(C)C)S(=O)(=O)c2ccccc2)c1C. The van der Waals surface area contributed by atoms with Crippen molar-refractivity contribution in [2.75, 3.05) is 10.8 Å². The molecular weight excluding hydrogens is 638 g/mol. The zero-order valence-electron chi connectivity index (χ0n) is 25.4. The van der Waals surface area contributed by atoms with Crippen molar-refractivity contribution in [3.8, 4) is 0 Å². The fraction of sp³-hybridized carbons (Fsp3) is 0.257. The van der Waals surface area contributed by atoms with E-state index in [0.29, 0.717) is 5.69 Å². The summed E-state index contributed by atoms with van der Waals surface area (Å²) in [6, 6.07) is 29.5. The minimum absolute atomic E-state index is 0.0747. The number of amides is 2. The quantitative estimate of drug-likeness (QED) is 0.188. The smallest absolute Gasteiger partial charge is 0.264 e. The first-order valence-electron chi connectivity index (χ1n) is 14.5. The summed E-state index contributed by atoms with van der Waals surface area (Å²) in [5.74, 6) is -0.804. The van der Waals surface area contributed by atoms with Crippen molar-refractivity contribution in [3.05, 3.63) is 130 Å². The average molecular weight is 677 g/mol. The lowest BCUT2D eigenvalue weighted by Crippen LogP contribution is -2.54. The van der Waals surface area contributed by atoms with E-state index in [-0.39, 0.29) is 29.8 Å². The van der Waals surface area contributed by atoms with E-state index < -0.39 is 28.5 Å². The van der Waals surface area contributed by atoms with E-state index >= 15 is 0 Å². The first kappa shape index (κ1) is 33.0. The third-order valence-corrected chi connectivity index (χ3v) is 9.67. The van der Waals surface area contributed by atoms with Gasteiger partial charge < -0.3 is 10.2 Å². The molecule has 9 heteroatoms. The van der Waals surface area contributed by atoms with Crippen LogP contribution in [0.4, 0.5) is 5.69 Å². The number of sulfonamides is 1. The summed E-state index contributed by atoms with van der Waals surface area (Å²) in [5.41, 5.74) is 3.74. The van der Waals surface area contributed by atoms with Crippen molar-refractivity contribution in [1.29, 1.82) is 0 Å². The van der Waals surface area contributed by atoms with Crippen molar-refractivity contribution < 1.29 is 18.0 Å². The summed E-state index contributed by atoms with van der Waals surface area (Å²) in [7, 11) is -4.15. The van der Waals surface area contributed by atoms with Gasteiger partial charge in [0.1, 0.15) is 12.6 Å². The highest BCUT2D eigenvalue weighted by molar-refractivity contribution is 9.10. The molecule has 0 aliphatic rings. The van der Waals surface area contributed by atoms with E-state index in [4.69, 9.17) is 0 Å². The summed E-state index contributed by atoms with van der Waals surface area (Å²) in [5, 5.41) is 2.98. The molecule has 44 heavy (non-hydrogen) atoms. The van der Waals surface area contributed by atoms with E-state index in [1.807, 2.05) is 88.4 Å². The number of anilines is 1. The molecule has 1 unspecified atom stereocenters.